The van der Waals surface area contributed by atoms with E-state index in [1.807, 2.05) is 0 Å². The Balaban J connectivity index is 2.09. The van der Waals surface area contributed by atoms with Gasteiger partial charge in [0.05, 0.1) is 5.54 Å². The highest BCUT2D eigenvalue weighted by Crippen LogP contribution is 2.62. The second-order valence-corrected chi connectivity index (χ2v) is 5.18. The summed E-state index contributed by atoms with van der Waals surface area (Å²) < 4.78 is 5.30. The molecule has 0 aromatic heterocycles. The minimum Gasteiger partial charge on any atom is -0.444 e. The van der Waals surface area contributed by atoms with E-state index in [-0.39, 0.29) is 23.2 Å². The van der Waals surface area contributed by atoms with Crippen molar-refractivity contribution < 1.29 is 9.53 Å². The smallest absolute Gasteiger partial charge is 0.408 e. The van der Waals surface area contributed by atoms with Gasteiger partial charge in [-0.05, 0) is 30.6 Å². The number of fused-ring (bicyclic) bond motifs is 1. The lowest BCUT2D eigenvalue weighted by Gasteiger charge is -2.35. The first-order valence-electron chi connectivity index (χ1n) is 5.05. The van der Waals surface area contributed by atoms with E-state index >= 15 is 0 Å². The van der Waals surface area contributed by atoms with Crippen molar-refractivity contribution in [2.45, 2.75) is 44.8 Å². The number of alkyl carbamates (subject to hydrolysis) is 1. The number of hydrogen-bond acceptors (Lipinski definition) is 2. The fourth-order valence-corrected chi connectivity index (χ4v) is 3.69. The molecule has 1 heterocycles. The molecule has 0 unspecified atom stereocenters. The van der Waals surface area contributed by atoms with Crippen LogP contribution in [0.3, 0.4) is 0 Å². The van der Waals surface area contributed by atoms with Gasteiger partial charge in [0.25, 0.3) is 0 Å². The van der Waals surface area contributed by atoms with Crippen LogP contribution in [0.15, 0.2) is 0 Å². The van der Waals surface area contributed by atoms with Crippen molar-refractivity contribution in [1.82, 2.24) is 5.32 Å². The first-order valence-corrected chi connectivity index (χ1v) is 5.05. The van der Waals surface area contributed by atoms with Gasteiger partial charge < -0.3 is 10.1 Å². The predicted molar refractivity (Wildman–Crippen MR) is 47.3 cm³/mol. The molecule has 72 valence electrons. The van der Waals surface area contributed by atoms with Gasteiger partial charge >= 0.3 is 6.09 Å². The molecule has 2 bridgehead atoms. The third-order valence-electron chi connectivity index (χ3n) is 4.68. The molecule has 1 amide bonds. The first-order chi connectivity index (χ1) is 6.06. The number of rotatable bonds is 0. The fourth-order valence-electron chi connectivity index (χ4n) is 3.69. The van der Waals surface area contributed by atoms with Gasteiger partial charge in [0.2, 0.25) is 0 Å². The molecule has 3 fully saturated rings. The average molecular weight is 181 g/mol. The second-order valence-electron chi connectivity index (χ2n) is 5.18. The maximum atomic E-state index is 11.2. The van der Waals surface area contributed by atoms with Gasteiger partial charge in [-0.1, -0.05) is 13.8 Å². The molecule has 1 N–H and O–H groups in total. The van der Waals surface area contributed by atoms with Crippen molar-refractivity contribution in [2.75, 3.05) is 0 Å². The van der Waals surface area contributed by atoms with Crippen molar-refractivity contribution in [3.8, 4) is 0 Å². The zero-order valence-corrected chi connectivity index (χ0v) is 8.09. The molecule has 2 aliphatic carbocycles. The molecule has 0 aromatic rings. The van der Waals surface area contributed by atoms with Crippen molar-refractivity contribution >= 4 is 6.09 Å². The van der Waals surface area contributed by atoms with Crippen molar-refractivity contribution in [3.63, 3.8) is 0 Å². The highest BCUT2D eigenvalue weighted by atomic mass is 16.6. The van der Waals surface area contributed by atoms with Crippen molar-refractivity contribution in [2.24, 2.45) is 11.3 Å². The Labute approximate surface area is 77.8 Å². The van der Waals surface area contributed by atoms with Crippen LogP contribution in [-0.4, -0.2) is 17.7 Å². The molecule has 3 nitrogen and oxygen atoms in total. The van der Waals surface area contributed by atoms with E-state index in [0.717, 1.165) is 18.8 Å². The largest absolute Gasteiger partial charge is 0.444 e. The van der Waals surface area contributed by atoms with Crippen molar-refractivity contribution in [3.05, 3.63) is 0 Å². The van der Waals surface area contributed by atoms with Crippen LogP contribution in [0.25, 0.3) is 0 Å². The van der Waals surface area contributed by atoms with E-state index in [2.05, 4.69) is 19.2 Å². The normalized spacial score (nSPS) is 50.2. The van der Waals surface area contributed by atoms with Gasteiger partial charge in [-0.3, -0.25) is 0 Å². The summed E-state index contributed by atoms with van der Waals surface area (Å²) in [5.41, 5.74) is 0.193. The van der Waals surface area contributed by atoms with E-state index in [9.17, 15) is 4.79 Å². The van der Waals surface area contributed by atoms with Crippen LogP contribution < -0.4 is 5.32 Å². The molecule has 0 radical (unpaired) electrons. The number of hydrogen-bond donors (Lipinski definition) is 1. The lowest BCUT2D eigenvalue weighted by atomic mass is 9.76. The van der Waals surface area contributed by atoms with Crippen LogP contribution in [0.1, 0.15) is 33.1 Å². The molecule has 3 aliphatic rings. The lowest BCUT2D eigenvalue weighted by Crippen LogP contribution is -2.52. The van der Waals surface area contributed by atoms with Gasteiger partial charge in [0.15, 0.2) is 0 Å². The van der Waals surface area contributed by atoms with Gasteiger partial charge in [-0.25, -0.2) is 4.79 Å². The van der Waals surface area contributed by atoms with Gasteiger partial charge in [-0.2, -0.15) is 0 Å². The van der Waals surface area contributed by atoms with E-state index < -0.39 is 0 Å². The highest BCUT2D eigenvalue weighted by molar-refractivity contribution is 5.72. The Morgan fingerprint density at radius 1 is 1.54 bits per heavy atom. The minimum atomic E-state index is -0.210. The molecule has 13 heavy (non-hydrogen) atoms. The van der Waals surface area contributed by atoms with Crippen LogP contribution in [0, 0.1) is 11.3 Å². The summed E-state index contributed by atoms with van der Waals surface area (Å²) in [5.74, 6) is 0.734. The molecular weight excluding hydrogens is 166 g/mol. The Morgan fingerprint density at radius 2 is 2.31 bits per heavy atom. The summed E-state index contributed by atoms with van der Waals surface area (Å²) in [6.45, 7) is 4.53. The zero-order chi connectivity index (χ0) is 9.27. The molecule has 3 heteroatoms. The Kier molecular flexibility index (Phi) is 1.10. The van der Waals surface area contributed by atoms with E-state index in [1.165, 1.54) is 6.42 Å². The third-order valence-corrected chi connectivity index (χ3v) is 4.68. The van der Waals surface area contributed by atoms with Crippen LogP contribution >= 0.6 is 0 Å². The topological polar surface area (TPSA) is 38.3 Å². The fraction of sp³-hybridized carbons (Fsp3) is 0.900. The van der Waals surface area contributed by atoms with Crippen molar-refractivity contribution in [1.29, 1.82) is 0 Å². The molecule has 1 spiro atoms. The molecular formula is C10H15NO2. The quantitative estimate of drug-likeness (QED) is 0.617. The maximum absolute atomic E-state index is 11.2. The van der Waals surface area contributed by atoms with Crippen LogP contribution in [0.5, 0.6) is 0 Å². The zero-order valence-electron chi connectivity index (χ0n) is 8.09. The number of carbonyl (C=O) groups is 1. The first kappa shape index (κ1) is 7.65. The van der Waals surface area contributed by atoms with E-state index in [0.29, 0.717) is 0 Å². The number of amides is 1. The number of ether oxygens (including phenoxy) is 1. The molecule has 0 aromatic carbocycles. The van der Waals surface area contributed by atoms with Crippen LogP contribution in [0.4, 0.5) is 4.79 Å². The maximum Gasteiger partial charge on any atom is 0.408 e. The van der Waals surface area contributed by atoms with Gasteiger partial charge in [0, 0.05) is 0 Å². The van der Waals surface area contributed by atoms with E-state index in [4.69, 9.17) is 4.74 Å². The standard InChI is InChI=1S/C10H15NO2/c1-9(2)6-3-4-10(9)7(5-6)13-8(12)11-10/h6-7H,3-5H2,1-2H3,(H,11,12)/t6-,7+,10-/m0/s1. The van der Waals surface area contributed by atoms with E-state index in [1.54, 1.807) is 0 Å². The monoisotopic (exact) mass is 181 g/mol. The minimum absolute atomic E-state index is 0.0330. The summed E-state index contributed by atoms with van der Waals surface area (Å²) in [6, 6.07) is 0. The Bertz CT molecular complexity index is 287. The second kappa shape index (κ2) is 1.86. The van der Waals surface area contributed by atoms with Gasteiger partial charge in [0.1, 0.15) is 6.10 Å². The highest BCUT2D eigenvalue weighted by Gasteiger charge is 2.69. The third kappa shape index (κ3) is 0.628. The van der Waals surface area contributed by atoms with Crippen LogP contribution in [0.2, 0.25) is 0 Å². The summed E-state index contributed by atoms with van der Waals surface area (Å²) in [7, 11) is 0. The molecule has 2 saturated carbocycles. The number of carbonyl (C=O) groups excluding carboxylic acids is 1. The summed E-state index contributed by atoms with van der Waals surface area (Å²) in [4.78, 5) is 11.2. The summed E-state index contributed by atoms with van der Waals surface area (Å²) >= 11 is 0. The Morgan fingerprint density at radius 3 is 2.92 bits per heavy atom. The molecule has 3 atom stereocenters. The SMILES string of the molecule is CC1(C)[C@H]2CC[C@@]13NC(=O)O[C@@H]3C2. The predicted octanol–water partition coefficient (Wildman–Crippen LogP) is 1.67. The molecule has 1 saturated heterocycles. The molecule has 1 aliphatic heterocycles. The lowest BCUT2D eigenvalue weighted by molar-refractivity contribution is 0.0987. The summed E-state index contributed by atoms with van der Waals surface area (Å²) in [5, 5.41) is 3.05. The van der Waals surface area contributed by atoms with Crippen LogP contribution in [-0.2, 0) is 4.74 Å². The molecule has 3 rings (SSSR count). The summed E-state index contributed by atoms with van der Waals surface area (Å²) in [6.07, 6.45) is 3.34. The average Bonchev–Trinajstić information content (AvgIpc) is 2.55. The van der Waals surface area contributed by atoms with Gasteiger partial charge in [-0.15, -0.1) is 0 Å². The Hall–Kier alpha value is -0.730. The number of nitrogens with one attached hydrogen (secondary N) is 1.